The Balaban J connectivity index is 1.85. The first-order valence-electron chi connectivity index (χ1n) is 7.80. The zero-order valence-electron chi connectivity index (χ0n) is 13.5. The van der Waals surface area contributed by atoms with Gasteiger partial charge in [-0.2, -0.15) is 0 Å². The number of hydrogen-bond donors (Lipinski definition) is 2. The molecule has 0 atom stereocenters. The molecular formula is C18H23NO4. The van der Waals surface area contributed by atoms with E-state index in [1.54, 1.807) is 12.1 Å². The van der Waals surface area contributed by atoms with E-state index in [0.717, 1.165) is 5.75 Å². The van der Waals surface area contributed by atoms with Crippen LogP contribution in [0.5, 0.6) is 5.75 Å². The summed E-state index contributed by atoms with van der Waals surface area (Å²) in [7, 11) is 0. The van der Waals surface area contributed by atoms with E-state index in [-0.39, 0.29) is 24.9 Å². The van der Waals surface area contributed by atoms with Gasteiger partial charge in [-0.15, -0.1) is 0 Å². The number of nitrogens with one attached hydrogen (secondary N) is 1. The second kappa shape index (κ2) is 8.39. The van der Waals surface area contributed by atoms with Crippen LogP contribution in [-0.2, 0) is 6.61 Å². The fourth-order valence-corrected chi connectivity index (χ4v) is 2.05. The number of amides is 1. The first-order valence-corrected chi connectivity index (χ1v) is 7.80. The number of carbonyl (C=O) groups is 1. The lowest BCUT2D eigenvalue weighted by atomic mass is 10.0. The molecule has 0 aliphatic rings. The second-order valence-corrected chi connectivity index (χ2v) is 5.61. The average molecular weight is 317 g/mol. The van der Waals surface area contributed by atoms with Gasteiger partial charge in [0.2, 0.25) is 0 Å². The van der Waals surface area contributed by atoms with Gasteiger partial charge < -0.3 is 19.6 Å². The van der Waals surface area contributed by atoms with Crippen LogP contribution in [0.1, 0.15) is 48.1 Å². The molecule has 0 fully saturated rings. The molecule has 0 bridgehead atoms. The number of carbonyl (C=O) groups excluding carboxylic acids is 1. The fourth-order valence-electron chi connectivity index (χ4n) is 2.05. The van der Waals surface area contributed by atoms with Gasteiger partial charge in [0.05, 0.1) is 0 Å². The molecule has 0 radical (unpaired) electrons. The minimum absolute atomic E-state index is 0.0487. The van der Waals surface area contributed by atoms with Crippen LogP contribution in [0.15, 0.2) is 40.8 Å². The second-order valence-electron chi connectivity index (χ2n) is 5.61. The standard InChI is InChI=1S/C18H23NO4/c1-13(2)14-4-6-15(7-5-14)22-12-16-8-9-17(23-16)18(21)19-10-3-11-20/h4-9,13,20H,3,10-12H2,1-2H3,(H,19,21). The lowest BCUT2D eigenvalue weighted by molar-refractivity contribution is 0.0919. The Kier molecular flexibility index (Phi) is 6.23. The van der Waals surface area contributed by atoms with Crippen LogP contribution in [-0.4, -0.2) is 24.2 Å². The minimum Gasteiger partial charge on any atom is -0.486 e. The number of benzene rings is 1. The summed E-state index contributed by atoms with van der Waals surface area (Å²) in [6.45, 7) is 5.03. The third kappa shape index (κ3) is 5.14. The number of aliphatic hydroxyl groups is 1. The van der Waals surface area contributed by atoms with E-state index < -0.39 is 0 Å². The molecule has 5 nitrogen and oxygen atoms in total. The SMILES string of the molecule is CC(C)c1ccc(OCc2ccc(C(=O)NCCCO)o2)cc1. The van der Waals surface area contributed by atoms with Crippen LogP contribution < -0.4 is 10.1 Å². The lowest BCUT2D eigenvalue weighted by Crippen LogP contribution is -2.24. The Hall–Kier alpha value is -2.27. The molecule has 1 aromatic carbocycles. The van der Waals surface area contributed by atoms with Gasteiger partial charge in [0.25, 0.3) is 5.91 Å². The van der Waals surface area contributed by atoms with E-state index in [1.165, 1.54) is 5.56 Å². The maximum absolute atomic E-state index is 11.8. The van der Waals surface area contributed by atoms with E-state index in [2.05, 4.69) is 19.2 Å². The lowest BCUT2D eigenvalue weighted by Gasteiger charge is -2.08. The third-order valence-electron chi connectivity index (χ3n) is 3.43. The van der Waals surface area contributed by atoms with E-state index in [9.17, 15) is 4.79 Å². The van der Waals surface area contributed by atoms with Gasteiger partial charge in [-0.05, 0) is 42.2 Å². The molecule has 23 heavy (non-hydrogen) atoms. The molecule has 1 aromatic heterocycles. The predicted molar refractivity (Wildman–Crippen MR) is 87.6 cm³/mol. The predicted octanol–water partition coefficient (Wildman–Crippen LogP) is 3.09. The van der Waals surface area contributed by atoms with E-state index >= 15 is 0 Å². The van der Waals surface area contributed by atoms with Crippen molar-refractivity contribution >= 4 is 5.91 Å². The highest BCUT2D eigenvalue weighted by Crippen LogP contribution is 2.19. The van der Waals surface area contributed by atoms with E-state index in [1.807, 2.05) is 24.3 Å². The highest BCUT2D eigenvalue weighted by molar-refractivity contribution is 5.91. The molecule has 5 heteroatoms. The summed E-state index contributed by atoms with van der Waals surface area (Å²) in [5.41, 5.74) is 1.26. The number of ether oxygens (including phenoxy) is 1. The maximum atomic E-state index is 11.8. The molecule has 2 aromatic rings. The van der Waals surface area contributed by atoms with Gasteiger partial charge in [0, 0.05) is 13.2 Å². The molecule has 2 rings (SSSR count). The first kappa shape index (κ1) is 17.1. The Morgan fingerprint density at radius 3 is 2.61 bits per heavy atom. The van der Waals surface area contributed by atoms with Crippen molar-refractivity contribution < 1.29 is 19.1 Å². The zero-order valence-corrected chi connectivity index (χ0v) is 13.5. The first-order chi connectivity index (χ1) is 11.1. The Labute approximate surface area is 136 Å². The number of rotatable bonds is 8. The highest BCUT2D eigenvalue weighted by atomic mass is 16.5. The van der Waals surface area contributed by atoms with Crippen molar-refractivity contribution in [2.45, 2.75) is 32.8 Å². The van der Waals surface area contributed by atoms with Gasteiger partial charge in [-0.25, -0.2) is 0 Å². The fraction of sp³-hybridized carbons (Fsp3) is 0.389. The molecule has 2 N–H and O–H groups in total. The van der Waals surface area contributed by atoms with Crippen LogP contribution in [0.25, 0.3) is 0 Å². The largest absolute Gasteiger partial charge is 0.486 e. The number of furan rings is 1. The van der Waals surface area contributed by atoms with Gasteiger partial charge in [-0.3, -0.25) is 4.79 Å². The van der Waals surface area contributed by atoms with Crippen molar-refractivity contribution in [3.8, 4) is 5.75 Å². The smallest absolute Gasteiger partial charge is 0.286 e. The molecule has 0 saturated heterocycles. The van der Waals surface area contributed by atoms with Crippen molar-refractivity contribution in [1.29, 1.82) is 0 Å². The quantitative estimate of drug-likeness (QED) is 0.734. The summed E-state index contributed by atoms with van der Waals surface area (Å²) >= 11 is 0. The number of hydrogen-bond acceptors (Lipinski definition) is 4. The van der Waals surface area contributed by atoms with Crippen molar-refractivity contribution in [1.82, 2.24) is 5.32 Å². The van der Waals surface area contributed by atoms with Gasteiger partial charge >= 0.3 is 0 Å². The summed E-state index contributed by atoms with van der Waals surface area (Å²) in [5.74, 6) is 1.80. The van der Waals surface area contributed by atoms with Gasteiger partial charge in [0.15, 0.2) is 5.76 Å². The van der Waals surface area contributed by atoms with Crippen LogP contribution >= 0.6 is 0 Å². The van der Waals surface area contributed by atoms with Crippen LogP contribution in [0, 0.1) is 0 Å². The molecule has 0 unspecified atom stereocenters. The summed E-state index contributed by atoms with van der Waals surface area (Å²) in [4.78, 5) is 11.8. The van der Waals surface area contributed by atoms with E-state index in [4.69, 9.17) is 14.3 Å². The van der Waals surface area contributed by atoms with Crippen LogP contribution in [0.3, 0.4) is 0 Å². The Bertz CT molecular complexity index is 616. The molecule has 0 aliphatic heterocycles. The molecule has 0 saturated carbocycles. The highest BCUT2D eigenvalue weighted by Gasteiger charge is 2.11. The molecule has 0 aliphatic carbocycles. The monoisotopic (exact) mass is 317 g/mol. The summed E-state index contributed by atoms with van der Waals surface area (Å²) in [6, 6.07) is 11.3. The molecule has 1 heterocycles. The third-order valence-corrected chi connectivity index (χ3v) is 3.43. The van der Waals surface area contributed by atoms with E-state index in [0.29, 0.717) is 24.6 Å². The summed E-state index contributed by atoms with van der Waals surface area (Å²) in [5, 5.41) is 11.4. The number of aliphatic hydroxyl groups excluding tert-OH is 1. The Morgan fingerprint density at radius 2 is 1.96 bits per heavy atom. The van der Waals surface area contributed by atoms with Crippen LogP contribution in [0.4, 0.5) is 0 Å². The molecule has 124 valence electrons. The van der Waals surface area contributed by atoms with Gasteiger partial charge in [0.1, 0.15) is 18.1 Å². The summed E-state index contributed by atoms with van der Waals surface area (Å²) < 4.78 is 11.1. The van der Waals surface area contributed by atoms with Gasteiger partial charge in [-0.1, -0.05) is 26.0 Å². The average Bonchev–Trinajstić information content (AvgIpc) is 3.02. The van der Waals surface area contributed by atoms with Crippen molar-refractivity contribution in [3.05, 3.63) is 53.5 Å². The minimum atomic E-state index is -0.286. The topological polar surface area (TPSA) is 71.7 Å². The molecular weight excluding hydrogens is 294 g/mol. The summed E-state index contributed by atoms with van der Waals surface area (Å²) in [6.07, 6.45) is 0.523. The van der Waals surface area contributed by atoms with Crippen molar-refractivity contribution in [3.63, 3.8) is 0 Å². The van der Waals surface area contributed by atoms with Crippen LogP contribution in [0.2, 0.25) is 0 Å². The Morgan fingerprint density at radius 1 is 1.22 bits per heavy atom. The molecule has 1 amide bonds. The maximum Gasteiger partial charge on any atom is 0.286 e. The zero-order chi connectivity index (χ0) is 16.7. The van der Waals surface area contributed by atoms with Crippen molar-refractivity contribution in [2.24, 2.45) is 0 Å². The molecule has 0 spiro atoms. The van der Waals surface area contributed by atoms with Crippen molar-refractivity contribution in [2.75, 3.05) is 13.2 Å². The normalized spacial score (nSPS) is 10.8.